The highest BCUT2D eigenvalue weighted by Crippen LogP contribution is 2.02. The molecule has 0 aliphatic heterocycles. The molecule has 0 heterocycles. The minimum Gasteiger partial charge on any atom is -0.389 e. The number of rotatable bonds is 7. The number of carbonyl (C=O) groups is 2. The number of likely N-dealkylation sites (N-methyl/N-ethyl adjacent to an activating group) is 1. The predicted molar refractivity (Wildman–Crippen MR) is 67.2 cm³/mol. The number of urea groups is 1. The van der Waals surface area contributed by atoms with Crippen molar-refractivity contribution in [2.24, 2.45) is 0 Å². The fourth-order valence-electron chi connectivity index (χ4n) is 1.44. The quantitative estimate of drug-likeness (QED) is 0.520. The van der Waals surface area contributed by atoms with Crippen LogP contribution in [0.1, 0.15) is 13.8 Å². The Balaban J connectivity index is 3.86. The summed E-state index contributed by atoms with van der Waals surface area (Å²) in [6.45, 7) is 4.42. The summed E-state index contributed by atoms with van der Waals surface area (Å²) in [4.78, 5) is 24.3. The van der Waals surface area contributed by atoms with Crippen molar-refractivity contribution in [3.63, 3.8) is 0 Å². The molecule has 0 unspecified atom stereocenters. The van der Waals surface area contributed by atoms with E-state index >= 15 is 0 Å². The van der Waals surface area contributed by atoms with E-state index in [1.54, 1.807) is 25.8 Å². The van der Waals surface area contributed by atoms with Gasteiger partial charge in [0.1, 0.15) is 0 Å². The Morgan fingerprint density at radius 1 is 1.39 bits per heavy atom. The highest BCUT2D eigenvalue weighted by atomic mass is 16.5. The van der Waals surface area contributed by atoms with Gasteiger partial charge in [-0.1, -0.05) is 0 Å². The van der Waals surface area contributed by atoms with Gasteiger partial charge in [0.25, 0.3) is 0 Å². The lowest BCUT2D eigenvalue weighted by Gasteiger charge is -2.24. The molecule has 0 saturated heterocycles. The molecule has 0 aromatic rings. The summed E-state index contributed by atoms with van der Waals surface area (Å²) in [6, 6.07) is -0.547. The predicted octanol–water partition coefficient (Wildman–Crippen LogP) is -0.839. The molecular weight excluding hydrogens is 238 g/mol. The van der Waals surface area contributed by atoms with Gasteiger partial charge >= 0.3 is 6.03 Å². The van der Waals surface area contributed by atoms with Gasteiger partial charge in [-0.15, -0.1) is 0 Å². The second-order valence-corrected chi connectivity index (χ2v) is 4.78. The molecule has 3 amide bonds. The zero-order valence-electron chi connectivity index (χ0n) is 11.4. The van der Waals surface area contributed by atoms with Crippen molar-refractivity contribution in [2.45, 2.75) is 19.4 Å². The Kier molecular flexibility index (Phi) is 7.49. The number of methoxy groups -OCH3 is 1. The van der Waals surface area contributed by atoms with Crippen molar-refractivity contribution in [1.82, 2.24) is 15.5 Å². The van der Waals surface area contributed by atoms with E-state index in [0.717, 1.165) is 0 Å². The van der Waals surface area contributed by atoms with Crippen molar-refractivity contribution < 1.29 is 19.4 Å². The number of hydrogen-bond donors (Lipinski definition) is 3. The van der Waals surface area contributed by atoms with E-state index in [-0.39, 0.29) is 6.54 Å². The maximum Gasteiger partial charge on any atom is 0.321 e. The third-order valence-corrected chi connectivity index (χ3v) is 1.92. The Morgan fingerprint density at radius 3 is 2.50 bits per heavy atom. The van der Waals surface area contributed by atoms with Gasteiger partial charge in [0.15, 0.2) is 0 Å². The van der Waals surface area contributed by atoms with Crippen LogP contribution in [-0.4, -0.2) is 67.9 Å². The first-order chi connectivity index (χ1) is 8.24. The topological polar surface area (TPSA) is 90.9 Å². The van der Waals surface area contributed by atoms with Crippen molar-refractivity contribution in [3.8, 4) is 0 Å². The monoisotopic (exact) mass is 261 g/mol. The number of nitrogens with one attached hydrogen (secondary N) is 2. The maximum absolute atomic E-state index is 11.5. The Hall–Kier alpha value is -1.18. The number of ether oxygens (including phenoxy) is 1. The Bertz CT molecular complexity index is 276. The smallest absolute Gasteiger partial charge is 0.321 e. The minimum atomic E-state index is -0.879. The number of hydrogen-bond acceptors (Lipinski definition) is 5. The van der Waals surface area contributed by atoms with E-state index < -0.39 is 17.5 Å². The minimum absolute atomic E-state index is 0.0433. The van der Waals surface area contributed by atoms with E-state index in [9.17, 15) is 14.7 Å². The van der Waals surface area contributed by atoms with Crippen LogP contribution in [0, 0.1) is 0 Å². The molecule has 7 nitrogen and oxygen atoms in total. The fourth-order valence-corrected chi connectivity index (χ4v) is 1.44. The van der Waals surface area contributed by atoms with Crippen molar-refractivity contribution in [2.75, 3.05) is 40.4 Å². The Morgan fingerprint density at radius 2 is 2.00 bits per heavy atom. The first-order valence-electron chi connectivity index (χ1n) is 5.72. The van der Waals surface area contributed by atoms with E-state index in [1.165, 1.54) is 7.11 Å². The van der Waals surface area contributed by atoms with Gasteiger partial charge in [0.05, 0.1) is 18.8 Å². The molecule has 0 aliphatic rings. The highest BCUT2D eigenvalue weighted by molar-refractivity contribution is 5.95. The van der Waals surface area contributed by atoms with Crippen LogP contribution < -0.4 is 10.6 Å². The lowest BCUT2D eigenvalue weighted by molar-refractivity contribution is -0.121. The van der Waals surface area contributed by atoms with Crippen LogP contribution in [0.5, 0.6) is 0 Å². The van der Waals surface area contributed by atoms with E-state index in [0.29, 0.717) is 19.7 Å². The summed E-state index contributed by atoms with van der Waals surface area (Å²) in [7, 11) is 3.22. The van der Waals surface area contributed by atoms with E-state index in [1.807, 2.05) is 0 Å². The van der Waals surface area contributed by atoms with Crippen molar-refractivity contribution in [1.29, 1.82) is 0 Å². The van der Waals surface area contributed by atoms with Gasteiger partial charge in [-0.05, 0) is 20.9 Å². The molecule has 0 fully saturated rings. The molecule has 0 radical (unpaired) electrons. The van der Waals surface area contributed by atoms with Crippen molar-refractivity contribution >= 4 is 11.9 Å². The largest absolute Gasteiger partial charge is 0.389 e. The molecular formula is C11H23N3O4. The number of aliphatic hydroxyl groups is 1. The molecule has 0 aliphatic carbocycles. The van der Waals surface area contributed by atoms with Crippen LogP contribution in [0.2, 0.25) is 0 Å². The number of imide groups is 1. The first-order valence-corrected chi connectivity index (χ1v) is 5.72. The van der Waals surface area contributed by atoms with Crippen LogP contribution in [0.4, 0.5) is 4.79 Å². The summed E-state index contributed by atoms with van der Waals surface area (Å²) >= 11 is 0. The molecule has 0 bridgehead atoms. The molecule has 0 aromatic heterocycles. The molecule has 0 saturated carbocycles. The highest BCUT2D eigenvalue weighted by Gasteiger charge is 2.18. The van der Waals surface area contributed by atoms with Gasteiger partial charge < -0.3 is 15.2 Å². The van der Waals surface area contributed by atoms with Crippen LogP contribution in [-0.2, 0) is 9.53 Å². The van der Waals surface area contributed by atoms with Crippen LogP contribution in [0.3, 0.4) is 0 Å². The average molecular weight is 261 g/mol. The number of amides is 3. The van der Waals surface area contributed by atoms with Crippen LogP contribution in [0.25, 0.3) is 0 Å². The molecule has 3 N–H and O–H groups in total. The zero-order chi connectivity index (χ0) is 14.2. The van der Waals surface area contributed by atoms with E-state index in [2.05, 4.69) is 10.6 Å². The lowest BCUT2D eigenvalue weighted by atomic mass is 10.1. The van der Waals surface area contributed by atoms with E-state index in [4.69, 9.17) is 4.74 Å². The number of carbonyl (C=O) groups excluding carboxylic acids is 2. The van der Waals surface area contributed by atoms with Crippen LogP contribution in [0.15, 0.2) is 0 Å². The van der Waals surface area contributed by atoms with Gasteiger partial charge in [-0.2, -0.15) is 0 Å². The molecule has 7 heteroatoms. The average Bonchev–Trinajstić information content (AvgIpc) is 2.13. The van der Waals surface area contributed by atoms with Gasteiger partial charge in [-0.25, -0.2) is 4.79 Å². The molecule has 0 atom stereocenters. The standard InChI is InChI=1S/C11H23N3O4/c1-11(2,17)8-14(3)7-9(15)13-10(16)12-5-6-18-4/h17H,5-8H2,1-4H3,(H2,12,13,15,16). The van der Waals surface area contributed by atoms with Crippen LogP contribution >= 0.6 is 0 Å². The summed E-state index contributed by atoms with van der Waals surface area (Å²) in [6.07, 6.45) is 0. The third-order valence-electron chi connectivity index (χ3n) is 1.92. The van der Waals surface area contributed by atoms with Gasteiger partial charge in [-0.3, -0.25) is 15.0 Å². The third kappa shape index (κ3) is 10.0. The second kappa shape index (κ2) is 8.02. The molecule has 106 valence electrons. The second-order valence-electron chi connectivity index (χ2n) is 4.78. The summed E-state index contributed by atoms with van der Waals surface area (Å²) < 4.78 is 4.75. The molecule has 0 rings (SSSR count). The molecule has 0 spiro atoms. The fraction of sp³-hybridized carbons (Fsp3) is 0.818. The van der Waals surface area contributed by atoms with Crippen molar-refractivity contribution in [3.05, 3.63) is 0 Å². The lowest BCUT2D eigenvalue weighted by Crippen LogP contribution is -2.46. The van der Waals surface area contributed by atoms with Gasteiger partial charge in [0, 0.05) is 20.2 Å². The zero-order valence-corrected chi connectivity index (χ0v) is 11.4. The first kappa shape index (κ1) is 16.8. The number of nitrogens with zero attached hydrogens (tertiary/aromatic N) is 1. The summed E-state index contributed by atoms with van der Waals surface area (Å²) in [5.74, 6) is -0.420. The molecule has 0 aromatic carbocycles. The summed E-state index contributed by atoms with van der Waals surface area (Å²) in [5, 5.41) is 14.2. The van der Waals surface area contributed by atoms with Gasteiger partial charge in [0.2, 0.25) is 5.91 Å². The molecule has 18 heavy (non-hydrogen) atoms. The Labute approximate surface area is 107 Å². The summed E-state index contributed by atoms with van der Waals surface area (Å²) in [5.41, 5.74) is -0.879. The SMILES string of the molecule is COCCNC(=O)NC(=O)CN(C)CC(C)(C)O. The maximum atomic E-state index is 11.5. The normalized spacial score (nSPS) is 11.4.